The highest BCUT2D eigenvalue weighted by Gasteiger charge is 2.47. The van der Waals surface area contributed by atoms with Gasteiger partial charge in [-0.2, -0.15) is 0 Å². The highest BCUT2D eigenvalue weighted by Crippen LogP contribution is 2.27. The average Bonchev–Trinajstić information content (AvgIpc) is 3.20. The number of hydrogen-bond acceptors (Lipinski definition) is 4. The fourth-order valence-corrected chi connectivity index (χ4v) is 4.32. The summed E-state index contributed by atoms with van der Waals surface area (Å²) >= 11 is 0. The van der Waals surface area contributed by atoms with Gasteiger partial charge in [-0.3, -0.25) is 9.59 Å². The second kappa shape index (κ2) is 10.9. The lowest BCUT2D eigenvalue weighted by Crippen LogP contribution is -2.42. The van der Waals surface area contributed by atoms with E-state index in [4.69, 9.17) is 4.74 Å². The maximum absolute atomic E-state index is 13.1. The van der Waals surface area contributed by atoms with Gasteiger partial charge >= 0.3 is 5.91 Å². The molecule has 0 aliphatic carbocycles. The summed E-state index contributed by atoms with van der Waals surface area (Å²) in [6.45, 7) is 6.13. The van der Waals surface area contributed by atoms with Gasteiger partial charge in [0, 0.05) is 35.5 Å². The molecule has 0 bridgehead atoms. The number of hydrazine groups is 1. The van der Waals surface area contributed by atoms with Gasteiger partial charge in [-0.05, 0) is 74.5 Å². The summed E-state index contributed by atoms with van der Waals surface area (Å²) in [7, 11) is 1.61. The maximum Gasteiger partial charge on any atom is 0.304 e. The molecule has 2 amide bonds. The molecule has 2 N–H and O–H groups in total. The second-order valence-corrected chi connectivity index (χ2v) is 8.31. The zero-order valence-electron chi connectivity index (χ0n) is 20.3. The molecule has 0 spiro atoms. The Morgan fingerprint density at radius 1 is 1.00 bits per heavy atom. The van der Waals surface area contributed by atoms with Crippen LogP contribution in [0.4, 0.5) is 5.69 Å². The Kier molecular flexibility index (Phi) is 7.45. The number of anilines is 1. The van der Waals surface area contributed by atoms with Crippen LogP contribution in [0.5, 0.6) is 5.75 Å². The van der Waals surface area contributed by atoms with Crippen LogP contribution in [0.1, 0.15) is 41.4 Å². The molecule has 4 rings (SSSR count). The fraction of sp³-hybridized carbons (Fsp3) is 0.250. The minimum Gasteiger partial charge on any atom is -0.497 e. The Morgan fingerprint density at radius 3 is 2.26 bits per heavy atom. The van der Waals surface area contributed by atoms with Crippen molar-refractivity contribution in [3.05, 3.63) is 95.6 Å². The smallest absolute Gasteiger partial charge is 0.304 e. The average molecular weight is 472 g/mol. The SMILES string of the molecule is CCN(CC)c1ccc(/C=[N+]2\NC(=O)[C@H](NC(=O)c3ccccc3)[C@@H]2c2ccc(OC)cc2)cc1. The molecule has 7 heteroatoms. The number of rotatable bonds is 8. The van der Waals surface area contributed by atoms with E-state index >= 15 is 0 Å². The number of nitrogens with zero attached hydrogens (tertiary/aromatic N) is 2. The van der Waals surface area contributed by atoms with Crippen LogP contribution in [0.25, 0.3) is 0 Å². The number of carbonyl (C=O) groups is 2. The lowest BCUT2D eigenvalue weighted by Gasteiger charge is -2.20. The zero-order chi connectivity index (χ0) is 24.8. The van der Waals surface area contributed by atoms with E-state index < -0.39 is 12.1 Å². The predicted molar refractivity (Wildman–Crippen MR) is 137 cm³/mol. The third kappa shape index (κ3) is 5.35. The van der Waals surface area contributed by atoms with Crippen molar-refractivity contribution in [2.75, 3.05) is 25.1 Å². The molecule has 1 heterocycles. The first-order valence-electron chi connectivity index (χ1n) is 11.8. The molecule has 0 unspecified atom stereocenters. The van der Waals surface area contributed by atoms with E-state index in [1.54, 1.807) is 36.1 Å². The van der Waals surface area contributed by atoms with Gasteiger partial charge in [-0.25, -0.2) is 0 Å². The van der Waals surface area contributed by atoms with E-state index in [0.29, 0.717) is 5.56 Å². The van der Waals surface area contributed by atoms with Gasteiger partial charge in [0.05, 0.1) is 7.11 Å². The van der Waals surface area contributed by atoms with Gasteiger partial charge < -0.3 is 15.0 Å². The quantitative estimate of drug-likeness (QED) is 0.493. The number of benzene rings is 3. The highest BCUT2D eigenvalue weighted by atomic mass is 16.5. The van der Waals surface area contributed by atoms with Crippen LogP contribution >= 0.6 is 0 Å². The Hall–Kier alpha value is -4.13. The summed E-state index contributed by atoms with van der Waals surface area (Å²) in [5, 5.41) is 2.93. The molecule has 1 saturated heterocycles. The first-order chi connectivity index (χ1) is 17.0. The molecule has 35 heavy (non-hydrogen) atoms. The summed E-state index contributed by atoms with van der Waals surface area (Å²) in [5.41, 5.74) is 6.40. The molecule has 7 nitrogen and oxygen atoms in total. The normalized spacial score (nSPS) is 18.3. The maximum atomic E-state index is 13.1. The second-order valence-electron chi connectivity index (χ2n) is 8.31. The largest absolute Gasteiger partial charge is 0.497 e. The molecule has 2 atom stereocenters. The van der Waals surface area contributed by atoms with Crippen LogP contribution in [0.15, 0.2) is 78.9 Å². The van der Waals surface area contributed by atoms with Crippen LogP contribution in [0.3, 0.4) is 0 Å². The van der Waals surface area contributed by atoms with Gasteiger partial charge in [-0.15, -0.1) is 10.1 Å². The summed E-state index contributed by atoms with van der Waals surface area (Å²) < 4.78 is 7.07. The monoisotopic (exact) mass is 471 g/mol. The summed E-state index contributed by atoms with van der Waals surface area (Å²) in [6, 6.07) is 23.4. The minimum atomic E-state index is -0.776. The number of methoxy groups -OCH3 is 1. The number of nitrogens with one attached hydrogen (secondary N) is 2. The van der Waals surface area contributed by atoms with Gasteiger partial charge in [0.25, 0.3) is 5.91 Å². The summed E-state index contributed by atoms with van der Waals surface area (Å²) in [6.07, 6.45) is 1.90. The van der Waals surface area contributed by atoms with Crippen LogP contribution in [-0.4, -0.2) is 49.0 Å². The molecule has 180 valence electrons. The number of hydrazone groups is 1. The molecular formula is C28H31N4O3+. The summed E-state index contributed by atoms with van der Waals surface area (Å²) in [5.74, 6) is 0.152. The van der Waals surface area contributed by atoms with Crippen LogP contribution in [0, 0.1) is 0 Å². The third-order valence-corrected chi connectivity index (χ3v) is 6.23. The molecule has 1 fully saturated rings. The van der Waals surface area contributed by atoms with Crippen molar-refractivity contribution in [3.63, 3.8) is 0 Å². The van der Waals surface area contributed by atoms with Crippen LogP contribution in [0.2, 0.25) is 0 Å². The van der Waals surface area contributed by atoms with E-state index in [2.05, 4.69) is 41.6 Å². The molecule has 3 aromatic rings. The number of hydrogen-bond donors (Lipinski definition) is 2. The van der Waals surface area contributed by atoms with E-state index in [9.17, 15) is 9.59 Å². The Labute approximate surface area is 206 Å². The first kappa shape index (κ1) is 24.0. The lowest BCUT2D eigenvalue weighted by molar-refractivity contribution is -0.596. The highest BCUT2D eigenvalue weighted by molar-refractivity contribution is 5.98. The molecule has 0 radical (unpaired) electrons. The Bertz CT molecular complexity index is 1190. The van der Waals surface area contributed by atoms with Crippen LogP contribution in [-0.2, 0) is 4.79 Å². The van der Waals surface area contributed by atoms with Crippen molar-refractivity contribution in [1.29, 1.82) is 0 Å². The van der Waals surface area contributed by atoms with Crippen LogP contribution < -0.4 is 20.4 Å². The Morgan fingerprint density at radius 2 is 1.66 bits per heavy atom. The number of ether oxygens (including phenoxy) is 1. The van der Waals surface area contributed by atoms with Crippen molar-refractivity contribution in [1.82, 2.24) is 10.7 Å². The number of carbonyl (C=O) groups excluding carboxylic acids is 2. The fourth-order valence-electron chi connectivity index (χ4n) is 4.32. The van der Waals surface area contributed by atoms with E-state index in [-0.39, 0.29) is 11.8 Å². The standard InChI is InChI=1S/C28H30N4O3/c1-4-31(5-2)23-15-11-20(12-16-23)19-32-26(21-13-17-24(35-3)18-14-21)25(28(34)30-32)29-27(33)22-9-7-6-8-10-22/h6-19,25-26H,4-5H2,1-3H3,(H-,29,30,33,34)/p+1/t25-,26+/m1/s1. The Balaban J connectivity index is 1.67. The van der Waals surface area contributed by atoms with E-state index in [0.717, 1.165) is 35.7 Å². The molecule has 0 aromatic heterocycles. The first-order valence-corrected chi connectivity index (χ1v) is 11.8. The van der Waals surface area contributed by atoms with Crippen molar-refractivity contribution in [3.8, 4) is 5.75 Å². The zero-order valence-corrected chi connectivity index (χ0v) is 20.3. The number of amides is 2. The van der Waals surface area contributed by atoms with Gasteiger partial charge in [-0.1, -0.05) is 18.2 Å². The van der Waals surface area contributed by atoms with Crippen molar-refractivity contribution in [2.45, 2.75) is 25.9 Å². The predicted octanol–water partition coefficient (Wildman–Crippen LogP) is 3.56. The van der Waals surface area contributed by atoms with E-state index in [1.165, 1.54) is 0 Å². The van der Waals surface area contributed by atoms with Gasteiger partial charge in [0.1, 0.15) is 5.75 Å². The van der Waals surface area contributed by atoms with Gasteiger partial charge in [0.15, 0.2) is 6.04 Å². The van der Waals surface area contributed by atoms with Crippen molar-refractivity contribution in [2.24, 2.45) is 0 Å². The molecule has 3 aromatic carbocycles. The topological polar surface area (TPSA) is 73.7 Å². The lowest BCUT2D eigenvalue weighted by atomic mass is 9.99. The summed E-state index contributed by atoms with van der Waals surface area (Å²) in [4.78, 5) is 28.2. The van der Waals surface area contributed by atoms with E-state index in [1.807, 2.05) is 48.7 Å². The molecule has 0 saturated carbocycles. The molecule has 1 aliphatic rings. The molecular weight excluding hydrogens is 440 g/mol. The van der Waals surface area contributed by atoms with Crippen molar-refractivity contribution < 1.29 is 19.0 Å². The van der Waals surface area contributed by atoms with Gasteiger partial charge in [0.2, 0.25) is 12.3 Å². The third-order valence-electron chi connectivity index (χ3n) is 6.23. The van der Waals surface area contributed by atoms with Crippen molar-refractivity contribution >= 4 is 23.7 Å². The molecule has 1 aliphatic heterocycles. The minimum absolute atomic E-state index is 0.272.